The van der Waals surface area contributed by atoms with Gasteiger partial charge in [0.1, 0.15) is 17.3 Å². The van der Waals surface area contributed by atoms with E-state index in [9.17, 15) is 18.0 Å². The third-order valence-electron chi connectivity index (χ3n) is 5.06. The number of aromatic nitrogens is 2. The predicted octanol–water partition coefficient (Wildman–Crippen LogP) is 4.97. The lowest BCUT2D eigenvalue weighted by atomic mass is 9.88. The maximum atomic E-state index is 13.5. The molecule has 5 N–H and O–H groups in total. The van der Waals surface area contributed by atoms with Gasteiger partial charge in [0.2, 0.25) is 5.78 Å². The third kappa shape index (κ3) is 4.83. The van der Waals surface area contributed by atoms with E-state index < -0.39 is 28.8 Å². The van der Waals surface area contributed by atoms with Crippen molar-refractivity contribution >= 4 is 17.4 Å². The van der Waals surface area contributed by atoms with Crippen molar-refractivity contribution in [1.29, 1.82) is 0 Å². The van der Waals surface area contributed by atoms with Crippen LogP contribution in [0, 0.1) is 0 Å². The van der Waals surface area contributed by atoms with E-state index in [-0.39, 0.29) is 29.5 Å². The van der Waals surface area contributed by atoms with Gasteiger partial charge in [-0.3, -0.25) is 4.79 Å². The van der Waals surface area contributed by atoms with Gasteiger partial charge in [-0.05, 0) is 36.2 Å². The summed E-state index contributed by atoms with van der Waals surface area (Å²) in [5.41, 5.74) is 10.2. The van der Waals surface area contributed by atoms with E-state index >= 15 is 0 Å². The standard InChI is InChI=1S/C22H22F3N5O.4H2/c1-2-21(27,14-7-4-3-5-8-14)13-29-17-11-10-16(22(23,24)25)18(30-17)19(31)15-9-6-12-28-20(15)26;;;;/h3-12H,2,13,27H2,1H3,(H2,26,28)(H,29,30);4*1H. The van der Waals surface area contributed by atoms with Gasteiger partial charge in [-0.2, -0.15) is 13.2 Å². The van der Waals surface area contributed by atoms with E-state index in [0.29, 0.717) is 6.42 Å². The van der Waals surface area contributed by atoms with E-state index in [1.807, 2.05) is 37.3 Å². The van der Waals surface area contributed by atoms with Crippen molar-refractivity contribution in [3.63, 3.8) is 0 Å². The summed E-state index contributed by atoms with van der Waals surface area (Å²) in [7, 11) is 0. The molecule has 3 aromatic rings. The first-order chi connectivity index (χ1) is 14.7. The monoisotopic (exact) mass is 437 g/mol. The van der Waals surface area contributed by atoms with Crippen LogP contribution >= 0.6 is 0 Å². The van der Waals surface area contributed by atoms with Crippen LogP contribution in [0.1, 0.15) is 46.2 Å². The number of carbonyl (C=O) groups excluding carboxylic acids is 1. The van der Waals surface area contributed by atoms with Gasteiger partial charge in [0.25, 0.3) is 0 Å². The molecule has 1 unspecified atom stereocenters. The van der Waals surface area contributed by atoms with Crippen LogP contribution < -0.4 is 16.8 Å². The fraction of sp³-hybridized carbons (Fsp3) is 0.227. The van der Waals surface area contributed by atoms with Crippen LogP contribution in [-0.4, -0.2) is 22.3 Å². The lowest BCUT2D eigenvalue weighted by Crippen LogP contribution is -2.42. The number of alkyl halides is 3. The highest BCUT2D eigenvalue weighted by atomic mass is 19.4. The normalized spacial score (nSPS) is 13.5. The first-order valence-corrected chi connectivity index (χ1v) is 9.57. The van der Waals surface area contributed by atoms with E-state index in [1.165, 1.54) is 24.4 Å². The minimum absolute atomic E-state index is 0. The Hall–Kier alpha value is -3.46. The van der Waals surface area contributed by atoms with Gasteiger partial charge < -0.3 is 16.8 Å². The number of nitrogen functional groups attached to an aromatic ring is 1. The third-order valence-corrected chi connectivity index (χ3v) is 5.06. The van der Waals surface area contributed by atoms with Gasteiger partial charge in [0.15, 0.2) is 0 Å². The number of hydrogen-bond acceptors (Lipinski definition) is 6. The number of anilines is 2. The number of nitrogens with zero attached hydrogens (tertiary/aromatic N) is 2. The van der Waals surface area contributed by atoms with Crippen LogP contribution in [-0.2, 0) is 11.7 Å². The van der Waals surface area contributed by atoms with Crippen molar-refractivity contribution in [2.75, 3.05) is 17.6 Å². The topological polar surface area (TPSA) is 107 Å². The molecule has 0 spiro atoms. The van der Waals surface area contributed by atoms with E-state index in [4.69, 9.17) is 11.5 Å². The van der Waals surface area contributed by atoms with Crippen molar-refractivity contribution in [2.45, 2.75) is 25.1 Å². The molecule has 0 saturated heterocycles. The largest absolute Gasteiger partial charge is 0.418 e. The molecule has 0 aliphatic rings. The number of pyridine rings is 2. The summed E-state index contributed by atoms with van der Waals surface area (Å²) in [5.74, 6) is -1.03. The van der Waals surface area contributed by atoms with Crippen LogP contribution in [0.5, 0.6) is 0 Å². The second-order valence-corrected chi connectivity index (χ2v) is 7.09. The van der Waals surface area contributed by atoms with Crippen molar-refractivity contribution in [3.05, 3.63) is 83.2 Å². The summed E-state index contributed by atoms with van der Waals surface area (Å²) in [6.07, 6.45) is -2.85. The summed E-state index contributed by atoms with van der Waals surface area (Å²) in [6.45, 7) is 2.11. The molecule has 170 valence electrons. The summed E-state index contributed by atoms with van der Waals surface area (Å²) in [5, 5.41) is 2.97. The van der Waals surface area contributed by atoms with Crippen LogP contribution in [0.2, 0.25) is 0 Å². The Morgan fingerprint density at radius 2 is 1.81 bits per heavy atom. The highest BCUT2D eigenvalue weighted by molar-refractivity contribution is 6.11. The Morgan fingerprint density at radius 3 is 2.42 bits per heavy atom. The fourth-order valence-electron chi connectivity index (χ4n) is 3.15. The Morgan fingerprint density at radius 1 is 1.10 bits per heavy atom. The van der Waals surface area contributed by atoms with Gasteiger partial charge in [0, 0.05) is 18.4 Å². The maximum absolute atomic E-state index is 13.5. The van der Waals surface area contributed by atoms with E-state index in [2.05, 4.69) is 15.3 Å². The molecular weight excluding hydrogens is 407 g/mol. The Bertz CT molecular complexity index is 1090. The minimum atomic E-state index is -4.77. The minimum Gasteiger partial charge on any atom is -0.383 e. The van der Waals surface area contributed by atoms with Crippen LogP contribution in [0.4, 0.5) is 24.8 Å². The molecule has 0 radical (unpaired) electrons. The lowest BCUT2D eigenvalue weighted by Gasteiger charge is -2.29. The average Bonchev–Trinajstić information content (AvgIpc) is 2.77. The molecule has 0 bridgehead atoms. The van der Waals surface area contributed by atoms with Crippen molar-refractivity contribution in [2.24, 2.45) is 5.73 Å². The number of nitrogens with one attached hydrogen (secondary N) is 1. The van der Waals surface area contributed by atoms with Gasteiger partial charge in [0.05, 0.1) is 16.7 Å². The first kappa shape index (κ1) is 22.2. The molecule has 6 nitrogen and oxygen atoms in total. The molecule has 0 fully saturated rings. The van der Waals surface area contributed by atoms with E-state index in [0.717, 1.165) is 11.6 Å². The molecule has 1 atom stereocenters. The van der Waals surface area contributed by atoms with Gasteiger partial charge >= 0.3 is 6.18 Å². The fourth-order valence-corrected chi connectivity index (χ4v) is 3.15. The molecule has 0 aliphatic heterocycles. The average molecular weight is 438 g/mol. The number of benzene rings is 1. The lowest BCUT2D eigenvalue weighted by molar-refractivity contribution is -0.138. The number of ketones is 1. The van der Waals surface area contributed by atoms with Crippen LogP contribution in [0.25, 0.3) is 0 Å². The highest BCUT2D eigenvalue weighted by Gasteiger charge is 2.37. The smallest absolute Gasteiger partial charge is 0.383 e. The second-order valence-electron chi connectivity index (χ2n) is 7.09. The predicted molar refractivity (Wildman–Crippen MR) is 121 cm³/mol. The summed E-state index contributed by atoms with van der Waals surface area (Å²) in [4.78, 5) is 20.6. The number of nitrogens with two attached hydrogens (primary N) is 2. The molecule has 1 aromatic carbocycles. The maximum Gasteiger partial charge on any atom is 0.418 e. The molecule has 0 aliphatic carbocycles. The Balaban J connectivity index is 0. The van der Waals surface area contributed by atoms with Gasteiger partial charge in [-0.15, -0.1) is 0 Å². The van der Waals surface area contributed by atoms with Crippen molar-refractivity contribution < 1.29 is 23.7 Å². The second kappa shape index (κ2) is 8.73. The molecule has 2 heterocycles. The Labute approximate surface area is 183 Å². The van der Waals surface area contributed by atoms with E-state index in [1.54, 1.807) is 0 Å². The Kier molecular flexibility index (Phi) is 6.26. The number of rotatable bonds is 7. The molecule has 0 saturated carbocycles. The molecular formula is C22H30F3N5O. The summed E-state index contributed by atoms with van der Waals surface area (Å²) >= 11 is 0. The SMILES string of the molecule is CCC(N)(CNc1ccc(C(F)(F)F)c(C(=O)c2cccnc2N)n1)c1ccccc1.[HH].[HH].[HH].[HH]. The molecule has 2 aromatic heterocycles. The van der Waals surface area contributed by atoms with Crippen LogP contribution in [0.15, 0.2) is 60.8 Å². The molecule has 31 heavy (non-hydrogen) atoms. The van der Waals surface area contributed by atoms with Crippen LogP contribution in [0.3, 0.4) is 0 Å². The summed E-state index contributed by atoms with van der Waals surface area (Å²) < 4.78 is 40.6. The molecule has 0 amide bonds. The summed E-state index contributed by atoms with van der Waals surface area (Å²) in [6, 6.07) is 14.1. The zero-order valence-electron chi connectivity index (χ0n) is 16.8. The van der Waals surface area contributed by atoms with Gasteiger partial charge in [-0.25, -0.2) is 9.97 Å². The number of hydrogen-bond donors (Lipinski definition) is 3. The zero-order valence-corrected chi connectivity index (χ0v) is 16.8. The number of halogens is 3. The molecule has 3 rings (SSSR count). The van der Waals surface area contributed by atoms with Crippen molar-refractivity contribution in [3.8, 4) is 0 Å². The number of carbonyl (C=O) groups is 1. The zero-order chi connectivity index (χ0) is 22.6. The van der Waals surface area contributed by atoms with Gasteiger partial charge in [-0.1, -0.05) is 37.3 Å². The first-order valence-electron chi connectivity index (χ1n) is 9.57. The van der Waals surface area contributed by atoms with Crippen molar-refractivity contribution in [1.82, 2.24) is 9.97 Å². The molecule has 9 heteroatoms. The highest BCUT2D eigenvalue weighted by Crippen LogP contribution is 2.33. The quantitative estimate of drug-likeness (QED) is 0.451.